The van der Waals surface area contributed by atoms with Gasteiger partial charge >= 0.3 is 0 Å². The number of nitrogens with zero attached hydrogens (tertiary/aromatic N) is 2. The van der Waals surface area contributed by atoms with Gasteiger partial charge in [-0.05, 0) is 37.0 Å². The van der Waals surface area contributed by atoms with Gasteiger partial charge in [-0.3, -0.25) is 0 Å². The van der Waals surface area contributed by atoms with E-state index in [1.807, 2.05) is 6.07 Å². The Balaban J connectivity index is 2.27. The van der Waals surface area contributed by atoms with Crippen molar-refractivity contribution in [2.75, 3.05) is 33.7 Å². The maximum atomic E-state index is 13.5. The Hall–Kier alpha value is -1.02. The highest BCUT2D eigenvalue weighted by molar-refractivity contribution is 7.86. The van der Waals surface area contributed by atoms with E-state index in [0.717, 1.165) is 12.0 Å². The van der Waals surface area contributed by atoms with Gasteiger partial charge in [-0.1, -0.05) is 12.1 Å². The first-order chi connectivity index (χ1) is 10.3. The zero-order valence-corrected chi connectivity index (χ0v) is 13.9. The van der Waals surface area contributed by atoms with Crippen molar-refractivity contribution in [3.05, 3.63) is 35.6 Å². The van der Waals surface area contributed by atoms with Crippen LogP contribution in [-0.2, 0) is 15.6 Å². The zero-order chi connectivity index (χ0) is 16.4. The van der Waals surface area contributed by atoms with E-state index in [4.69, 9.17) is 5.73 Å². The zero-order valence-electron chi connectivity index (χ0n) is 13.1. The quantitative estimate of drug-likeness (QED) is 0.906. The summed E-state index contributed by atoms with van der Waals surface area (Å²) in [6.45, 7) is 1.25. The molecule has 1 aromatic rings. The second-order valence-electron chi connectivity index (χ2n) is 6.04. The van der Waals surface area contributed by atoms with Crippen LogP contribution in [0.4, 0.5) is 4.39 Å². The molecule has 0 aliphatic carbocycles. The number of benzene rings is 1. The van der Waals surface area contributed by atoms with E-state index in [1.165, 1.54) is 34.8 Å². The predicted molar refractivity (Wildman–Crippen MR) is 85.2 cm³/mol. The highest BCUT2D eigenvalue weighted by Crippen LogP contribution is 2.35. The molecule has 7 heteroatoms. The summed E-state index contributed by atoms with van der Waals surface area (Å²) in [6.07, 6.45) is 2.06. The second kappa shape index (κ2) is 6.62. The van der Waals surface area contributed by atoms with Crippen molar-refractivity contribution >= 4 is 10.2 Å². The number of hydrogen-bond acceptors (Lipinski definition) is 3. The lowest BCUT2D eigenvalue weighted by Gasteiger charge is -2.32. The maximum Gasteiger partial charge on any atom is 0.281 e. The van der Waals surface area contributed by atoms with Crippen LogP contribution < -0.4 is 5.73 Å². The van der Waals surface area contributed by atoms with Crippen LogP contribution in [0.1, 0.15) is 24.8 Å². The van der Waals surface area contributed by atoms with Gasteiger partial charge in [0.05, 0.1) is 0 Å². The van der Waals surface area contributed by atoms with E-state index in [1.54, 1.807) is 6.07 Å². The van der Waals surface area contributed by atoms with E-state index in [9.17, 15) is 12.8 Å². The first kappa shape index (κ1) is 17.3. The van der Waals surface area contributed by atoms with Crippen molar-refractivity contribution in [3.63, 3.8) is 0 Å². The summed E-state index contributed by atoms with van der Waals surface area (Å²) in [5.74, 6) is -0.285. The Kier molecular flexibility index (Phi) is 5.21. The number of halogens is 1. The van der Waals surface area contributed by atoms with E-state index in [-0.39, 0.29) is 11.2 Å². The lowest BCUT2D eigenvalue weighted by molar-refractivity contribution is 0.358. The molecule has 0 saturated carbocycles. The largest absolute Gasteiger partial charge is 0.330 e. The van der Waals surface area contributed by atoms with Crippen molar-refractivity contribution in [2.45, 2.75) is 24.7 Å². The van der Waals surface area contributed by atoms with Gasteiger partial charge in [0, 0.05) is 39.1 Å². The van der Waals surface area contributed by atoms with Gasteiger partial charge in [0.2, 0.25) is 0 Å². The molecule has 0 bridgehead atoms. The van der Waals surface area contributed by atoms with Gasteiger partial charge < -0.3 is 5.73 Å². The smallest absolute Gasteiger partial charge is 0.281 e. The first-order valence-electron chi connectivity index (χ1n) is 7.45. The van der Waals surface area contributed by atoms with Gasteiger partial charge in [-0.25, -0.2) is 4.39 Å². The summed E-state index contributed by atoms with van der Waals surface area (Å²) in [5.41, 5.74) is 6.50. The molecule has 0 amide bonds. The fourth-order valence-corrected chi connectivity index (χ4v) is 4.20. The lowest BCUT2D eigenvalue weighted by Crippen LogP contribution is -2.42. The third kappa shape index (κ3) is 3.32. The molecule has 1 atom stereocenters. The van der Waals surface area contributed by atoms with E-state index >= 15 is 0 Å². The van der Waals surface area contributed by atoms with Crippen LogP contribution in [-0.4, -0.2) is 50.8 Å². The summed E-state index contributed by atoms with van der Waals surface area (Å²) in [5, 5.41) is 0. The highest BCUT2D eigenvalue weighted by Gasteiger charge is 2.36. The average Bonchev–Trinajstić information content (AvgIpc) is 2.71. The number of rotatable bonds is 4. The summed E-state index contributed by atoms with van der Waals surface area (Å²) in [7, 11) is -0.359. The molecule has 2 N–H and O–H groups in total. The van der Waals surface area contributed by atoms with Gasteiger partial charge in [0.15, 0.2) is 0 Å². The van der Waals surface area contributed by atoms with Gasteiger partial charge in [0.1, 0.15) is 5.82 Å². The Bertz CT molecular complexity index is 621. The Morgan fingerprint density at radius 2 is 2.05 bits per heavy atom. The molecule has 22 heavy (non-hydrogen) atoms. The monoisotopic (exact) mass is 329 g/mol. The fraction of sp³-hybridized carbons (Fsp3) is 0.600. The first-order valence-corrected chi connectivity index (χ1v) is 8.85. The van der Waals surface area contributed by atoms with Gasteiger partial charge in [0.25, 0.3) is 10.2 Å². The average molecular weight is 329 g/mol. The second-order valence-corrected chi connectivity index (χ2v) is 8.18. The third-order valence-corrected chi connectivity index (χ3v) is 6.46. The summed E-state index contributed by atoms with van der Waals surface area (Å²) in [4.78, 5) is 0. The highest BCUT2D eigenvalue weighted by atomic mass is 32.2. The molecule has 0 radical (unpaired) electrons. The minimum atomic E-state index is -3.42. The normalized spacial score (nSPS) is 24.4. The van der Waals surface area contributed by atoms with Crippen LogP contribution in [0.15, 0.2) is 24.3 Å². The molecular weight excluding hydrogens is 305 g/mol. The molecule has 1 aliphatic heterocycles. The molecule has 1 heterocycles. The standard InChI is InChI=1S/C15H24FN3O2S/c1-18(2)22(20,21)19-9-4-7-15(12-17,8-10-19)13-5-3-6-14(16)11-13/h3,5-6,11H,4,7-10,12,17H2,1-2H3. The molecule has 5 nitrogen and oxygen atoms in total. The molecule has 2 rings (SSSR count). The van der Waals surface area contributed by atoms with Crippen molar-refractivity contribution in [2.24, 2.45) is 5.73 Å². The molecular formula is C15H24FN3O2S. The third-order valence-electron chi connectivity index (χ3n) is 4.52. The SMILES string of the molecule is CN(C)S(=O)(=O)N1CCCC(CN)(c2cccc(F)c2)CC1. The fourth-order valence-electron chi connectivity index (χ4n) is 3.06. The van der Waals surface area contributed by atoms with E-state index in [0.29, 0.717) is 32.5 Å². The van der Waals surface area contributed by atoms with Crippen molar-refractivity contribution in [1.29, 1.82) is 0 Å². The molecule has 1 aliphatic rings. The molecule has 0 aromatic heterocycles. The van der Waals surface area contributed by atoms with Crippen LogP contribution in [0.2, 0.25) is 0 Å². The van der Waals surface area contributed by atoms with E-state index in [2.05, 4.69) is 0 Å². The predicted octanol–water partition coefficient (Wildman–Crippen LogP) is 1.31. The van der Waals surface area contributed by atoms with Gasteiger partial charge in [-0.15, -0.1) is 0 Å². The van der Waals surface area contributed by atoms with Crippen molar-refractivity contribution in [3.8, 4) is 0 Å². The van der Waals surface area contributed by atoms with Crippen LogP contribution in [0.3, 0.4) is 0 Å². The van der Waals surface area contributed by atoms with Crippen LogP contribution in [0.25, 0.3) is 0 Å². The Morgan fingerprint density at radius 3 is 2.64 bits per heavy atom. The van der Waals surface area contributed by atoms with Crippen LogP contribution in [0.5, 0.6) is 0 Å². The van der Waals surface area contributed by atoms with Crippen LogP contribution >= 0.6 is 0 Å². The van der Waals surface area contributed by atoms with Gasteiger partial charge in [-0.2, -0.15) is 17.0 Å². The molecule has 0 spiro atoms. The Labute approximate surface area is 132 Å². The molecule has 1 aromatic carbocycles. The molecule has 1 fully saturated rings. The van der Waals surface area contributed by atoms with Crippen molar-refractivity contribution in [1.82, 2.24) is 8.61 Å². The minimum Gasteiger partial charge on any atom is -0.330 e. The summed E-state index contributed by atoms with van der Waals surface area (Å²) in [6, 6.07) is 6.49. The minimum absolute atomic E-state index is 0.285. The van der Waals surface area contributed by atoms with Crippen molar-refractivity contribution < 1.29 is 12.8 Å². The van der Waals surface area contributed by atoms with E-state index < -0.39 is 10.2 Å². The molecule has 1 unspecified atom stereocenters. The molecule has 1 saturated heterocycles. The summed E-state index contributed by atoms with van der Waals surface area (Å²) < 4.78 is 40.8. The lowest BCUT2D eigenvalue weighted by atomic mass is 9.74. The Morgan fingerprint density at radius 1 is 1.32 bits per heavy atom. The topological polar surface area (TPSA) is 66.6 Å². The summed E-state index contributed by atoms with van der Waals surface area (Å²) >= 11 is 0. The number of hydrogen-bond donors (Lipinski definition) is 1. The molecule has 124 valence electrons. The number of nitrogens with two attached hydrogens (primary N) is 1. The maximum absolute atomic E-state index is 13.5. The van der Waals surface area contributed by atoms with Crippen LogP contribution in [0, 0.1) is 5.82 Å².